The lowest BCUT2D eigenvalue weighted by atomic mass is 9.99. The Morgan fingerprint density at radius 3 is 2.72 bits per heavy atom. The fourth-order valence-corrected chi connectivity index (χ4v) is 3.70. The van der Waals surface area contributed by atoms with Crippen LogP contribution in [0.2, 0.25) is 0 Å². The summed E-state index contributed by atoms with van der Waals surface area (Å²) in [6, 6.07) is 10.6. The first-order valence-electron chi connectivity index (χ1n) is 8.04. The number of fused-ring (bicyclic) bond motifs is 1. The Morgan fingerprint density at radius 1 is 1.24 bits per heavy atom. The number of rotatable bonds is 3. The summed E-state index contributed by atoms with van der Waals surface area (Å²) in [5.74, 6) is -0.164. The average Bonchev–Trinajstić information content (AvgIpc) is 2.55. The smallest absolute Gasteiger partial charge is 0.258 e. The topological polar surface area (TPSA) is 92.5 Å². The standard InChI is InChI=1S/C18H21N3O3S/c1-12-8-9-13(11-16(12)20-25(2,23)24)18(22)21-10-4-5-14-15(19)6-3-7-17(14)21/h3,6-9,11,20H,4-5,10,19H2,1-2H3. The minimum atomic E-state index is -3.41. The van der Waals surface area contributed by atoms with E-state index in [4.69, 9.17) is 5.73 Å². The van der Waals surface area contributed by atoms with Crippen LogP contribution in [0.5, 0.6) is 0 Å². The summed E-state index contributed by atoms with van der Waals surface area (Å²) >= 11 is 0. The molecule has 25 heavy (non-hydrogen) atoms. The molecule has 0 unspecified atom stereocenters. The van der Waals surface area contributed by atoms with E-state index in [0.29, 0.717) is 23.5 Å². The summed E-state index contributed by atoms with van der Waals surface area (Å²) in [6.45, 7) is 2.40. The molecule has 0 bridgehead atoms. The first kappa shape index (κ1) is 17.3. The molecule has 7 heteroatoms. The van der Waals surface area contributed by atoms with E-state index < -0.39 is 10.0 Å². The van der Waals surface area contributed by atoms with Gasteiger partial charge >= 0.3 is 0 Å². The zero-order valence-electron chi connectivity index (χ0n) is 14.2. The summed E-state index contributed by atoms with van der Waals surface area (Å²) in [5.41, 5.74) is 10.2. The highest BCUT2D eigenvalue weighted by atomic mass is 32.2. The molecular weight excluding hydrogens is 338 g/mol. The zero-order chi connectivity index (χ0) is 18.2. The van der Waals surface area contributed by atoms with Crippen LogP contribution in [0.3, 0.4) is 0 Å². The molecule has 132 valence electrons. The van der Waals surface area contributed by atoms with Crippen molar-refractivity contribution in [1.82, 2.24) is 0 Å². The third kappa shape index (κ3) is 3.61. The molecule has 1 amide bonds. The van der Waals surface area contributed by atoms with Crippen molar-refractivity contribution >= 4 is 33.0 Å². The van der Waals surface area contributed by atoms with Crippen LogP contribution in [0, 0.1) is 6.92 Å². The van der Waals surface area contributed by atoms with Gasteiger partial charge in [-0.1, -0.05) is 12.1 Å². The van der Waals surface area contributed by atoms with E-state index >= 15 is 0 Å². The van der Waals surface area contributed by atoms with Gasteiger partial charge in [-0.05, 0) is 55.2 Å². The van der Waals surface area contributed by atoms with E-state index in [1.807, 2.05) is 18.2 Å². The number of nitrogens with two attached hydrogens (primary N) is 1. The van der Waals surface area contributed by atoms with Crippen LogP contribution in [0.15, 0.2) is 36.4 Å². The molecule has 1 heterocycles. The third-order valence-electron chi connectivity index (χ3n) is 4.31. The number of nitrogen functional groups attached to an aromatic ring is 1. The normalized spacial score (nSPS) is 14.1. The molecule has 0 saturated carbocycles. The number of carbonyl (C=O) groups is 1. The Labute approximate surface area is 147 Å². The Balaban J connectivity index is 1.98. The molecule has 0 aromatic heterocycles. The van der Waals surface area contributed by atoms with Crippen molar-refractivity contribution in [1.29, 1.82) is 0 Å². The molecule has 0 radical (unpaired) electrons. The highest BCUT2D eigenvalue weighted by Crippen LogP contribution is 2.32. The van der Waals surface area contributed by atoms with E-state index in [-0.39, 0.29) is 5.91 Å². The van der Waals surface area contributed by atoms with E-state index in [9.17, 15) is 13.2 Å². The van der Waals surface area contributed by atoms with Gasteiger partial charge in [0.05, 0.1) is 11.9 Å². The van der Waals surface area contributed by atoms with Crippen molar-refractivity contribution in [2.75, 3.05) is 28.2 Å². The number of amides is 1. The van der Waals surface area contributed by atoms with Crippen LogP contribution in [0.4, 0.5) is 17.1 Å². The van der Waals surface area contributed by atoms with Crippen molar-refractivity contribution in [3.05, 3.63) is 53.1 Å². The summed E-state index contributed by atoms with van der Waals surface area (Å²) in [4.78, 5) is 14.7. The predicted molar refractivity (Wildman–Crippen MR) is 100 cm³/mol. The molecule has 0 atom stereocenters. The molecule has 2 aromatic carbocycles. The van der Waals surface area contributed by atoms with Crippen LogP contribution in [-0.2, 0) is 16.4 Å². The number of nitrogens with zero attached hydrogens (tertiary/aromatic N) is 1. The second kappa shape index (κ2) is 6.40. The van der Waals surface area contributed by atoms with Gasteiger partial charge < -0.3 is 10.6 Å². The second-order valence-corrected chi connectivity index (χ2v) is 8.06. The van der Waals surface area contributed by atoms with Crippen molar-refractivity contribution < 1.29 is 13.2 Å². The number of aryl methyl sites for hydroxylation is 1. The largest absolute Gasteiger partial charge is 0.398 e. The molecule has 6 nitrogen and oxygen atoms in total. The van der Waals surface area contributed by atoms with Gasteiger partial charge in [-0.25, -0.2) is 8.42 Å². The fraction of sp³-hybridized carbons (Fsp3) is 0.278. The first-order chi connectivity index (χ1) is 11.8. The van der Waals surface area contributed by atoms with E-state index in [0.717, 1.165) is 35.9 Å². The summed E-state index contributed by atoms with van der Waals surface area (Å²) in [5, 5.41) is 0. The minimum Gasteiger partial charge on any atom is -0.398 e. The maximum Gasteiger partial charge on any atom is 0.258 e. The zero-order valence-corrected chi connectivity index (χ0v) is 15.1. The Kier molecular flexibility index (Phi) is 4.43. The predicted octanol–water partition coefficient (Wildman–Crippen LogP) is 2.54. The third-order valence-corrected chi connectivity index (χ3v) is 4.90. The quantitative estimate of drug-likeness (QED) is 0.824. The lowest BCUT2D eigenvalue weighted by molar-refractivity contribution is 0.0985. The molecule has 1 aliphatic rings. The lowest BCUT2D eigenvalue weighted by Crippen LogP contribution is -2.35. The molecule has 0 saturated heterocycles. The van der Waals surface area contributed by atoms with Crippen molar-refractivity contribution in [3.63, 3.8) is 0 Å². The van der Waals surface area contributed by atoms with E-state index in [2.05, 4.69) is 4.72 Å². The molecule has 3 N–H and O–H groups in total. The van der Waals surface area contributed by atoms with Crippen molar-refractivity contribution in [2.24, 2.45) is 0 Å². The van der Waals surface area contributed by atoms with Crippen LogP contribution in [0.1, 0.15) is 27.9 Å². The Hall–Kier alpha value is -2.54. The summed E-state index contributed by atoms with van der Waals surface area (Å²) in [6.07, 6.45) is 2.78. The average molecular weight is 359 g/mol. The molecule has 2 aromatic rings. The molecule has 3 rings (SSSR count). The van der Waals surface area contributed by atoms with Crippen LogP contribution in [0.25, 0.3) is 0 Å². The highest BCUT2D eigenvalue weighted by Gasteiger charge is 2.25. The maximum atomic E-state index is 13.0. The number of benzene rings is 2. The number of sulfonamides is 1. The van der Waals surface area contributed by atoms with Crippen LogP contribution >= 0.6 is 0 Å². The van der Waals surface area contributed by atoms with E-state index in [1.54, 1.807) is 30.0 Å². The second-order valence-electron chi connectivity index (χ2n) is 6.31. The van der Waals surface area contributed by atoms with E-state index in [1.165, 1.54) is 0 Å². The monoisotopic (exact) mass is 359 g/mol. The maximum absolute atomic E-state index is 13.0. The Morgan fingerprint density at radius 2 is 2.00 bits per heavy atom. The number of hydrogen-bond donors (Lipinski definition) is 2. The molecule has 1 aliphatic heterocycles. The van der Waals surface area contributed by atoms with Gasteiger partial charge in [-0.15, -0.1) is 0 Å². The van der Waals surface area contributed by atoms with Gasteiger partial charge in [0.1, 0.15) is 0 Å². The number of nitrogens with one attached hydrogen (secondary N) is 1. The minimum absolute atomic E-state index is 0.164. The number of anilines is 3. The van der Waals surface area contributed by atoms with Crippen molar-refractivity contribution in [2.45, 2.75) is 19.8 Å². The van der Waals surface area contributed by atoms with Crippen molar-refractivity contribution in [3.8, 4) is 0 Å². The van der Waals surface area contributed by atoms with Gasteiger partial charge in [-0.3, -0.25) is 9.52 Å². The summed E-state index contributed by atoms with van der Waals surface area (Å²) in [7, 11) is -3.41. The van der Waals surface area contributed by atoms with Gasteiger partial charge in [0.15, 0.2) is 0 Å². The van der Waals surface area contributed by atoms with Gasteiger partial charge in [0.25, 0.3) is 5.91 Å². The number of hydrogen-bond acceptors (Lipinski definition) is 4. The fourth-order valence-electron chi connectivity index (χ4n) is 3.08. The Bertz CT molecular complexity index is 939. The SMILES string of the molecule is Cc1ccc(C(=O)N2CCCc3c(N)cccc32)cc1NS(C)(=O)=O. The van der Waals surface area contributed by atoms with Crippen LogP contribution in [-0.4, -0.2) is 27.1 Å². The van der Waals surface area contributed by atoms with Crippen LogP contribution < -0.4 is 15.4 Å². The van der Waals surface area contributed by atoms with Gasteiger partial charge in [-0.2, -0.15) is 0 Å². The van der Waals surface area contributed by atoms with Gasteiger partial charge in [0.2, 0.25) is 10.0 Å². The number of carbonyl (C=O) groups excluding carboxylic acids is 1. The molecule has 0 spiro atoms. The van der Waals surface area contributed by atoms with Gasteiger partial charge in [0, 0.05) is 23.5 Å². The summed E-state index contributed by atoms with van der Waals surface area (Å²) < 4.78 is 25.5. The lowest BCUT2D eigenvalue weighted by Gasteiger charge is -2.30. The highest BCUT2D eigenvalue weighted by molar-refractivity contribution is 7.92. The molecule has 0 aliphatic carbocycles. The molecule has 0 fully saturated rings. The first-order valence-corrected chi connectivity index (χ1v) is 9.93. The molecular formula is C18H21N3O3S.